The lowest BCUT2D eigenvalue weighted by Gasteiger charge is -2.07. The van der Waals surface area contributed by atoms with E-state index in [2.05, 4.69) is 51.4 Å². The highest BCUT2D eigenvalue weighted by Gasteiger charge is 2.13. The number of rotatable bonds is 3. The lowest BCUT2D eigenvalue weighted by molar-refractivity contribution is -0.115. The first kappa shape index (κ1) is 15.8. The van der Waals surface area contributed by atoms with Crippen LogP contribution in [0.3, 0.4) is 0 Å². The van der Waals surface area contributed by atoms with Gasteiger partial charge < -0.3 is 10.3 Å². The molecule has 1 amide bonds. The number of aromatic amines is 1. The third kappa shape index (κ3) is 3.32. The van der Waals surface area contributed by atoms with Crippen molar-refractivity contribution in [3.63, 3.8) is 0 Å². The molecule has 0 saturated carbocycles. The summed E-state index contributed by atoms with van der Waals surface area (Å²) in [6.45, 7) is 6.09. The Morgan fingerprint density at radius 3 is 2.65 bits per heavy atom. The molecule has 0 unspecified atom stereocenters. The maximum absolute atomic E-state index is 12.4. The lowest BCUT2D eigenvalue weighted by Crippen LogP contribution is -2.14. The molecule has 0 radical (unpaired) electrons. The number of anilines is 1. The minimum absolute atomic E-state index is 0.00257. The molecule has 23 heavy (non-hydrogen) atoms. The summed E-state index contributed by atoms with van der Waals surface area (Å²) in [4.78, 5) is 15.8. The van der Waals surface area contributed by atoms with Gasteiger partial charge in [-0.1, -0.05) is 27.6 Å². The van der Waals surface area contributed by atoms with E-state index in [-0.39, 0.29) is 5.91 Å². The van der Waals surface area contributed by atoms with Crippen LogP contribution in [0.4, 0.5) is 5.69 Å². The summed E-state index contributed by atoms with van der Waals surface area (Å²) in [5.41, 5.74) is 6.31. The van der Waals surface area contributed by atoms with Crippen LogP contribution in [0.1, 0.15) is 22.4 Å². The summed E-state index contributed by atoms with van der Waals surface area (Å²) in [5.74, 6) is -0.00257. The van der Waals surface area contributed by atoms with Crippen LogP contribution in [-0.4, -0.2) is 10.9 Å². The lowest BCUT2D eigenvalue weighted by atomic mass is 10.1. The number of benzene rings is 2. The van der Waals surface area contributed by atoms with Crippen molar-refractivity contribution in [3.05, 3.63) is 63.3 Å². The molecule has 1 aromatic heterocycles. The molecule has 0 bridgehead atoms. The molecule has 0 spiro atoms. The molecule has 0 aliphatic rings. The highest BCUT2D eigenvalue weighted by molar-refractivity contribution is 9.10. The number of aromatic nitrogens is 1. The van der Waals surface area contributed by atoms with Crippen molar-refractivity contribution in [2.45, 2.75) is 27.2 Å². The smallest absolute Gasteiger partial charge is 0.228 e. The molecule has 118 valence electrons. The van der Waals surface area contributed by atoms with E-state index >= 15 is 0 Å². The zero-order valence-corrected chi connectivity index (χ0v) is 15.0. The molecule has 0 atom stereocenters. The first-order valence-corrected chi connectivity index (χ1v) is 8.37. The van der Waals surface area contributed by atoms with Gasteiger partial charge in [0.1, 0.15) is 0 Å². The van der Waals surface area contributed by atoms with Crippen LogP contribution in [0.25, 0.3) is 10.9 Å². The highest BCUT2D eigenvalue weighted by Crippen LogP contribution is 2.25. The van der Waals surface area contributed by atoms with E-state index in [1.54, 1.807) is 0 Å². The molecule has 0 aliphatic heterocycles. The molecule has 3 rings (SSSR count). The second-order valence-electron chi connectivity index (χ2n) is 5.97. The molecule has 4 heteroatoms. The number of H-pyrrole nitrogens is 1. The van der Waals surface area contributed by atoms with Gasteiger partial charge in [-0.25, -0.2) is 0 Å². The van der Waals surface area contributed by atoms with Crippen molar-refractivity contribution in [3.8, 4) is 0 Å². The zero-order valence-electron chi connectivity index (χ0n) is 13.5. The number of fused-ring (bicyclic) bond motifs is 1. The third-order valence-corrected chi connectivity index (χ3v) is 4.94. The molecular formula is C19H19BrN2O. The molecule has 0 aliphatic carbocycles. The van der Waals surface area contributed by atoms with Crippen LogP contribution in [0.2, 0.25) is 0 Å². The fourth-order valence-corrected chi connectivity index (χ4v) is 3.06. The molecule has 2 aromatic carbocycles. The Balaban J connectivity index is 1.84. The summed E-state index contributed by atoms with van der Waals surface area (Å²) in [6, 6.07) is 12.1. The molecule has 0 fully saturated rings. The van der Waals surface area contributed by atoms with E-state index in [0.717, 1.165) is 37.9 Å². The molecule has 2 N–H and O–H groups in total. The Morgan fingerprint density at radius 1 is 1.13 bits per heavy atom. The summed E-state index contributed by atoms with van der Waals surface area (Å²) in [6.07, 6.45) is 0.365. The van der Waals surface area contributed by atoms with Gasteiger partial charge in [0, 0.05) is 26.8 Å². The van der Waals surface area contributed by atoms with Crippen LogP contribution in [-0.2, 0) is 11.2 Å². The quantitative estimate of drug-likeness (QED) is 0.666. The summed E-state index contributed by atoms with van der Waals surface area (Å²) in [7, 11) is 0. The van der Waals surface area contributed by atoms with Crippen LogP contribution >= 0.6 is 15.9 Å². The third-order valence-electron chi connectivity index (χ3n) is 4.05. The predicted octanol–water partition coefficient (Wildman–Crippen LogP) is 5.04. The minimum atomic E-state index is -0.00257. The number of hydrogen-bond acceptors (Lipinski definition) is 1. The standard InChI is InChI=1S/C19H19BrN2O/c1-11-4-7-18-16(8-11)15(13(3)21-18)10-19(23)22-14-5-6-17(20)12(2)9-14/h4-9,21H,10H2,1-3H3,(H,22,23). The minimum Gasteiger partial charge on any atom is -0.358 e. The number of hydrogen-bond donors (Lipinski definition) is 2. The number of halogens is 1. The van der Waals surface area contributed by atoms with Gasteiger partial charge in [0.2, 0.25) is 5.91 Å². The normalized spacial score (nSPS) is 11.0. The van der Waals surface area contributed by atoms with Gasteiger partial charge in [0.05, 0.1) is 6.42 Å². The second-order valence-corrected chi connectivity index (χ2v) is 6.82. The van der Waals surface area contributed by atoms with Crippen molar-refractivity contribution in [1.29, 1.82) is 0 Å². The van der Waals surface area contributed by atoms with Crippen LogP contribution in [0, 0.1) is 20.8 Å². The average Bonchev–Trinajstić information content (AvgIpc) is 2.79. The zero-order chi connectivity index (χ0) is 16.6. The van der Waals surface area contributed by atoms with Crippen LogP contribution in [0.15, 0.2) is 40.9 Å². The largest absolute Gasteiger partial charge is 0.358 e. The maximum atomic E-state index is 12.4. The number of carbonyl (C=O) groups is 1. The van der Waals surface area contributed by atoms with E-state index in [1.807, 2.05) is 32.0 Å². The van der Waals surface area contributed by atoms with E-state index in [9.17, 15) is 4.79 Å². The summed E-state index contributed by atoms with van der Waals surface area (Å²) in [5, 5.41) is 4.11. The SMILES string of the molecule is Cc1ccc2[nH]c(C)c(CC(=O)Nc3ccc(Br)c(C)c3)c2c1. The fraction of sp³-hybridized carbons (Fsp3) is 0.211. The molecule has 0 saturated heterocycles. The first-order chi connectivity index (χ1) is 10.9. The number of nitrogens with one attached hydrogen (secondary N) is 2. The van der Waals surface area contributed by atoms with Crippen LogP contribution in [0.5, 0.6) is 0 Å². The maximum Gasteiger partial charge on any atom is 0.228 e. The van der Waals surface area contributed by atoms with E-state index < -0.39 is 0 Å². The van der Waals surface area contributed by atoms with Crippen molar-refractivity contribution in [1.82, 2.24) is 4.98 Å². The van der Waals surface area contributed by atoms with Gasteiger partial charge in [-0.2, -0.15) is 0 Å². The van der Waals surface area contributed by atoms with Gasteiger partial charge in [0.25, 0.3) is 0 Å². The van der Waals surface area contributed by atoms with Gasteiger partial charge >= 0.3 is 0 Å². The Hall–Kier alpha value is -2.07. The number of amides is 1. The van der Waals surface area contributed by atoms with Gasteiger partial charge in [-0.05, 0) is 62.2 Å². The van der Waals surface area contributed by atoms with Crippen molar-refractivity contribution >= 4 is 38.4 Å². The van der Waals surface area contributed by atoms with Crippen LogP contribution < -0.4 is 5.32 Å². The number of aryl methyl sites for hydroxylation is 3. The monoisotopic (exact) mass is 370 g/mol. The summed E-state index contributed by atoms with van der Waals surface area (Å²) < 4.78 is 1.04. The van der Waals surface area contributed by atoms with Crippen molar-refractivity contribution in [2.75, 3.05) is 5.32 Å². The molecule has 1 heterocycles. The predicted molar refractivity (Wildman–Crippen MR) is 99.0 cm³/mol. The van der Waals surface area contributed by atoms with E-state index in [0.29, 0.717) is 6.42 Å². The highest BCUT2D eigenvalue weighted by atomic mass is 79.9. The van der Waals surface area contributed by atoms with Gasteiger partial charge in [-0.3, -0.25) is 4.79 Å². The topological polar surface area (TPSA) is 44.9 Å². The van der Waals surface area contributed by atoms with Crippen molar-refractivity contribution < 1.29 is 4.79 Å². The second kappa shape index (κ2) is 6.20. The summed E-state index contributed by atoms with van der Waals surface area (Å²) >= 11 is 3.47. The van der Waals surface area contributed by atoms with Gasteiger partial charge in [-0.15, -0.1) is 0 Å². The Morgan fingerprint density at radius 2 is 1.91 bits per heavy atom. The Bertz CT molecular complexity index is 896. The fourth-order valence-electron chi connectivity index (χ4n) is 2.81. The van der Waals surface area contributed by atoms with E-state index in [4.69, 9.17) is 0 Å². The first-order valence-electron chi connectivity index (χ1n) is 7.58. The Labute approximate surface area is 144 Å². The average molecular weight is 371 g/mol. The number of carbonyl (C=O) groups excluding carboxylic acids is 1. The van der Waals surface area contributed by atoms with Gasteiger partial charge in [0.15, 0.2) is 0 Å². The molecule has 3 nitrogen and oxygen atoms in total. The molecular weight excluding hydrogens is 352 g/mol. The van der Waals surface area contributed by atoms with E-state index in [1.165, 1.54) is 5.56 Å². The van der Waals surface area contributed by atoms with Crippen molar-refractivity contribution in [2.24, 2.45) is 0 Å². The molecule has 3 aromatic rings. The Kier molecular flexibility index (Phi) is 4.26.